The molecule has 0 saturated carbocycles. The van der Waals surface area contributed by atoms with Gasteiger partial charge in [0.05, 0.1) is 16.8 Å². The number of nitrogens with zero attached hydrogens (tertiary/aromatic N) is 2. The SMILES string of the molecule is CN(C)c1ccc(CCCNC(=O)c2ccccc2SCc2cscn2)cc1. The first-order valence-corrected chi connectivity index (χ1v) is 11.2. The second-order valence-electron chi connectivity index (χ2n) is 6.68. The van der Waals surface area contributed by atoms with Crippen molar-refractivity contribution in [3.05, 3.63) is 76.2 Å². The molecule has 0 aliphatic heterocycles. The van der Waals surface area contributed by atoms with E-state index in [1.807, 2.05) is 49.3 Å². The summed E-state index contributed by atoms with van der Waals surface area (Å²) in [6, 6.07) is 16.3. The first kappa shape index (κ1) is 20.4. The molecule has 1 aromatic heterocycles. The number of carbonyl (C=O) groups is 1. The molecule has 2 aromatic carbocycles. The summed E-state index contributed by atoms with van der Waals surface area (Å²) in [7, 11) is 4.08. The number of aryl methyl sites for hydroxylation is 1. The molecule has 0 unspecified atom stereocenters. The lowest BCUT2D eigenvalue weighted by Crippen LogP contribution is -2.25. The Labute approximate surface area is 175 Å². The van der Waals surface area contributed by atoms with Crippen molar-refractivity contribution < 1.29 is 4.79 Å². The Morgan fingerprint density at radius 3 is 2.64 bits per heavy atom. The van der Waals surface area contributed by atoms with Crippen LogP contribution in [-0.4, -0.2) is 31.5 Å². The van der Waals surface area contributed by atoms with Gasteiger partial charge in [0.2, 0.25) is 0 Å². The van der Waals surface area contributed by atoms with Crippen LogP contribution in [0.25, 0.3) is 0 Å². The van der Waals surface area contributed by atoms with Gasteiger partial charge in [-0.25, -0.2) is 4.98 Å². The van der Waals surface area contributed by atoms with Gasteiger partial charge in [-0.15, -0.1) is 23.1 Å². The fourth-order valence-electron chi connectivity index (χ4n) is 2.79. The molecular formula is C22H25N3OS2. The Morgan fingerprint density at radius 1 is 1.14 bits per heavy atom. The van der Waals surface area contributed by atoms with E-state index in [1.165, 1.54) is 11.3 Å². The van der Waals surface area contributed by atoms with Crippen LogP contribution in [0.15, 0.2) is 64.3 Å². The molecule has 28 heavy (non-hydrogen) atoms. The molecule has 3 aromatic rings. The number of rotatable bonds is 9. The van der Waals surface area contributed by atoms with E-state index in [4.69, 9.17) is 0 Å². The second kappa shape index (κ2) is 10.3. The average Bonchev–Trinajstić information content (AvgIpc) is 3.24. The van der Waals surface area contributed by atoms with Crippen LogP contribution in [0.4, 0.5) is 5.69 Å². The quantitative estimate of drug-likeness (QED) is 0.403. The highest BCUT2D eigenvalue weighted by atomic mass is 32.2. The molecule has 146 valence electrons. The van der Waals surface area contributed by atoms with Crippen molar-refractivity contribution >= 4 is 34.7 Å². The number of hydrogen-bond acceptors (Lipinski definition) is 5. The molecule has 4 nitrogen and oxygen atoms in total. The highest BCUT2D eigenvalue weighted by molar-refractivity contribution is 7.98. The van der Waals surface area contributed by atoms with Crippen molar-refractivity contribution in [1.29, 1.82) is 0 Å². The molecule has 0 aliphatic rings. The van der Waals surface area contributed by atoms with Crippen LogP contribution < -0.4 is 10.2 Å². The summed E-state index contributed by atoms with van der Waals surface area (Å²) in [5, 5.41) is 5.10. The maximum absolute atomic E-state index is 12.6. The van der Waals surface area contributed by atoms with Crippen molar-refractivity contribution in [1.82, 2.24) is 10.3 Å². The minimum absolute atomic E-state index is 0.00988. The van der Waals surface area contributed by atoms with Gasteiger partial charge in [-0.2, -0.15) is 0 Å². The first-order chi connectivity index (χ1) is 13.6. The van der Waals surface area contributed by atoms with Crippen molar-refractivity contribution in [3.8, 4) is 0 Å². The van der Waals surface area contributed by atoms with Gasteiger partial charge >= 0.3 is 0 Å². The number of aromatic nitrogens is 1. The molecular weight excluding hydrogens is 386 g/mol. The minimum atomic E-state index is -0.00988. The number of thioether (sulfide) groups is 1. The van der Waals surface area contributed by atoms with E-state index in [2.05, 4.69) is 39.5 Å². The molecule has 1 heterocycles. The maximum atomic E-state index is 12.6. The highest BCUT2D eigenvalue weighted by Gasteiger charge is 2.11. The van der Waals surface area contributed by atoms with E-state index < -0.39 is 0 Å². The van der Waals surface area contributed by atoms with E-state index >= 15 is 0 Å². The molecule has 6 heteroatoms. The topological polar surface area (TPSA) is 45.2 Å². The number of carbonyl (C=O) groups excluding carboxylic acids is 1. The van der Waals surface area contributed by atoms with Crippen LogP contribution >= 0.6 is 23.1 Å². The molecule has 3 rings (SSSR count). The summed E-state index contributed by atoms with van der Waals surface area (Å²) in [5.41, 5.74) is 6.11. The molecule has 0 atom stereocenters. The second-order valence-corrected chi connectivity index (χ2v) is 8.42. The van der Waals surface area contributed by atoms with Crippen LogP contribution in [0.2, 0.25) is 0 Å². The monoisotopic (exact) mass is 411 g/mol. The molecule has 0 spiro atoms. The standard InChI is InChI=1S/C22H25N3OS2/c1-25(2)19-11-9-17(10-12-19)6-5-13-23-22(26)20-7-3-4-8-21(20)28-15-18-14-27-16-24-18/h3-4,7-12,14,16H,5-6,13,15H2,1-2H3,(H,23,26). The normalized spacial score (nSPS) is 10.6. The average molecular weight is 412 g/mol. The van der Waals surface area contributed by atoms with Gasteiger partial charge in [-0.3, -0.25) is 4.79 Å². The predicted octanol–water partition coefficient (Wildman–Crippen LogP) is 4.86. The fraction of sp³-hybridized carbons (Fsp3) is 0.273. The molecule has 0 fully saturated rings. The maximum Gasteiger partial charge on any atom is 0.252 e. The van der Waals surface area contributed by atoms with E-state index in [0.29, 0.717) is 6.54 Å². The summed E-state index contributed by atoms with van der Waals surface area (Å²) in [6.45, 7) is 0.666. The third-order valence-corrected chi connectivity index (χ3v) is 6.11. The van der Waals surface area contributed by atoms with E-state index in [1.54, 1.807) is 23.1 Å². The Morgan fingerprint density at radius 2 is 1.93 bits per heavy atom. The lowest BCUT2D eigenvalue weighted by Gasteiger charge is -2.13. The molecule has 1 N–H and O–H groups in total. The van der Waals surface area contributed by atoms with Gasteiger partial charge in [0.25, 0.3) is 5.91 Å². The number of benzene rings is 2. The first-order valence-electron chi connectivity index (χ1n) is 9.27. The van der Waals surface area contributed by atoms with Crippen molar-refractivity contribution in [2.75, 3.05) is 25.5 Å². The zero-order valence-electron chi connectivity index (χ0n) is 16.2. The number of nitrogens with one attached hydrogen (secondary N) is 1. The van der Waals surface area contributed by atoms with Gasteiger partial charge in [0, 0.05) is 42.4 Å². The Balaban J connectivity index is 1.48. The number of thiazole rings is 1. The number of amides is 1. The van der Waals surface area contributed by atoms with Crippen LogP contribution in [0.3, 0.4) is 0 Å². The number of anilines is 1. The minimum Gasteiger partial charge on any atom is -0.378 e. The van der Waals surface area contributed by atoms with Crippen molar-refractivity contribution in [2.45, 2.75) is 23.5 Å². The lowest BCUT2D eigenvalue weighted by atomic mass is 10.1. The van der Waals surface area contributed by atoms with Gasteiger partial charge in [-0.05, 0) is 42.7 Å². The molecule has 0 bridgehead atoms. The van der Waals surface area contributed by atoms with E-state index in [9.17, 15) is 4.79 Å². The summed E-state index contributed by atoms with van der Waals surface area (Å²) in [5.74, 6) is 0.765. The Hall–Kier alpha value is -2.31. The lowest BCUT2D eigenvalue weighted by molar-refractivity contribution is 0.0950. The Bertz CT molecular complexity index is 877. The number of hydrogen-bond donors (Lipinski definition) is 1. The third kappa shape index (κ3) is 5.84. The van der Waals surface area contributed by atoms with Crippen LogP contribution in [-0.2, 0) is 12.2 Å². The summed E-state index contributed by atoms with van der Waals surface area (Å²) in [4.78, 5) is 20.0. The van der Waals surface area contributed by atoms with Crippen molar-refractivity contribution in [2.24, 2.45) is 0 Å². The van der Waals surface area contributed by atoms with E-state index in [0.717, 1.165) is 34.7 Å². The molecule has 0 radical (unpaired) electrons. The molecule has 0 aliphatic carbocycles. The van der Waals surface area contributed by atoms with Crippen LogP contribution in [0, 0.1) is 0 Å². The van der Waals surface area contributed by atoms with Gasteiger partial charge in [0.15, 0.2) is 0 Å². The zero-order valence-corrected chi connectivity index (χ0v) is 17.9. The smallest absolute Gasteiger partial charge is 0.252 e. The largest absolute Gasteiger partial charge is 0.378 e. The van der Waals surface area contributed by atoms with Crippen LogP contribution in [0.1, 0.15) is 28.0 Å². The highest BCUT2D eigenvalue weighted by Crippen LogP contribution is 2.26. The summed E-state index contributed by atoms with van der Waals surface area (Å²) >= 11 is 3.25. The predicted molar refractivity (Wildman–Crippen MR) is 120 cm³/mol. The zero-order chi connectivity index (χ0) is 19.8. The summed E-state index contributed by atoms with van der Waals surface area (Å²) in [6.07, 6.45) is 1.87. The third-order valence-electron chi connectivity index (χ3n) is 4.37. The van der Waals surface area contributed by atoms with Crippen molar-refractivity contribution in [3.63, 3.8) is 0 Å². The fourth-order valence-corrected chi connectivity index (χ4v) is 4.41. The van der Waals surface area contributed by atoms with Crippen LogP contribution in [0.5, 0.6) is 0 Å². The van der Waals surface area contributed by atoms with Gasteiger partial charge < -0.3 is 10.2 Å². The molecule has 1 amide bonds. The van der Waals surface area contributed by atoms with Gasteiger partial charge in [-0.1, -0.05) is 24.3 Å². The van der Waals surface area contributed by atoms with E-state index in [-0.39, 0.29) is 5.91 Å². The molecule has 0 saturated heterocycles. The Kier molecular flexibility index (Phi) is 7.51. The van der Waals surface area contributed by atoms with Gasteiger partial charge in [0.1, 0.15) is 0 Å². The summed E-state index contributed by atoms with van der Waals surface area (Å²) < 4.78 is 0.